The first kappa shape index (κ1) is 13.1. The molecule has 0 bridgehead atoms. The zero-order chi connectivity index (χ0) is 8.97. The van der Waals surface area contributed by atoms with Crippen molar-refractivity contribution in [1.29, 1.82) is 0 Å². The highest BCUT2D eigenvalue weighted by atomic mass is 127. The second kappa shape index (κ2) is 6.56. The molecule has 0 saturated carbocycles. The number of hydrogen-bond donors (Lipinski definition) is 1. The predicted octanol–water partition coefficient (Wildman–Crippen LogP) is 3.07. The number of benzene rings is 1. The van der Waals surface area contributed by atoms with Crippen LogP contribution in [-0.4, -0.2) is 6.67 Å². The van der Waals surface area contributed by atoms with E-state index < -0.39 is 0 Å². The van der Waals surface area contributed by atoms with Gasteiger partial charge in [0.05, 0.1) is 6.67 Å². The summed E-state index contributed by atoms with van der Waals surface area (Å²) in [6.45, 7) is -0.355. The third-order valence-electron chi connectivity index (χ3n) is 1.70. The Morgan fingerprint density at radius 1 is 1.46 bits per heavy atom. The lowest BCUT2D eigenvalue weighted by atomic mass is 10.1. The van der Waals surface area contributed by atoms with E-state index in [9.17, 15) is 4.39 Å². The largest absolute Gasteiger partial charge is 0.324 e. The Hall–Kier alpha value is 0.130. The fourth-order valence-corrected chi connectivity index (χ4v) is 1.59. The minimum atomic E-state index is -0.355. The molecule has 0 aromatic heterocycles. The average Bonchev–Trinajstić information content (AvgIpc) is 2.05. The van der Waals surface area contributed by atoms with Gasteiger partial charge in [-0.15, -0.1) is 12.4 Å². The van der Waals surface area contributed by atoms with E-state index in [0.717, 1.165) is 9.13 Å². The van der Waals surface area contributed by atoms with Gasteiger partial charge < -0.3 is 5.73 Å². The van der Waals surface area contributed by atoms with Crippen LogP contribution in [0, 0.1) is 3.57 Å². The van der Waals surface area contributed by atoms with Gasteiger partial charge in [0, 0.05) is 9.61 Å². The van der Waals surface area contributed by atoms with Crippen LogP contribution in [0.5, 0.6) is 0 Å². The molecule has 1 atom stereocenters. The smallest absolute Gasteiger partial charge is 0.0912 e. The van der Waals surface area contributed by atoms with Gasteiger partial charge >= 0.3 is 0 Å². The van der Waals surface area contributed by atoms with Crippen molar-refractivity contribution >= 4 is 35.0 Å². The zero-order valence-corrected chi connectivity index (χ0v) is 10.0. The minimum absolute atomic E-state index is 0. The normalized spacial score (nSPS) is 11.9. The first-order valence-electron chi connectivity index (χ1n) is 3.81. The summed E-state index contributed by atoms with van der Waals surface area (Å²) < 4.78 is 13.1. The molecular weight excluding hydrogens is 303 g/mol. The Labute approximate surface area is 97.4 Å². The van der Waals surface area contributed by atoms with E-state index in [1.54, 1.807) is 0 Å². The van der Waals surface area contributed by atoms with Crippen molar-refractivity contribution in [3.63, 3.8) is 0 Å². The topological polar surface area (TPSA) is 26.0 Å². The molecule has 0 radical (unpaired) electrons. The maximum Gasteiger partial charge on any atom is 0.0912 e. The van der Waals surface area contributed by atoms with Crippen molar-refractivity contribution < 1.29 is 4.39 Å². The third kappa shape index (κ3) is 4.24. The van der Waals surface area contributed by atoms with E-state index in [1.807, 2.05) is 24.3 Å². The molecule has 74 valence electrons. The van der Waals surface area contributed by atoms with Gasteiger partial charge in [-0.1, -0.05) is 12.1 Å². The van der Waals surface area contributed by atoms with Gasteiger partial charge in [-0.2, -0.15) is 0 Å². The molecule has 1 aromatic rings. The van der Waals surface area contributed by atoms with Crippen LogP contribution >= 0.6 is 35.0 Å². The monoisotopic (exact) mass is 315 g/mol. The third-order valence-corrected chi connectivity index (χ3v) is 2.37. The maximum atomic E-state index is 11.9. The van der Waals surface area contributed by atoms with Crippen LogP contribution < -0.4 is 5.73 Å². The summed E-state index contributed by atoms with van der Waals surface area (Å²) >= 11 is 2.22. The van der Waals surface area contributed by atoms with Crippen molar-refractivity contribution in [3.05, 3.63) is 33.4 Å². The molecule has 0 aliphatic rings. The average molecular weight is 316 g/mol. The minimum Gasteiger partial charge on any atom is -0.324 e. The Morgan fingerprint density at radius 3 is 2.69 bits per heavy atom. The summed E-state index contributed by atoms with van der Waals surface area (Å²) in [5, 5.41) is 0. The van der Waals surface area contributed by atoms with Gasteiger partial charge in [0.25, 0.3) is 0 Å². The van der Waals surface area contributed by atoms with Gasteiger partial charge in [-0.05, 0) is 46.7 Å². The Bertz CT molecular complexity index is 257. The fourth-order valence-electron chi connectivity index (χ4n) is 1.02. The number of nitrogens with two attached hydrogens (primary N) is 1. The molecule has 1 nitrogen and oxygen atoms in total. The predicted molar refractivity (Wildman–Crippen MR) is 63.9 cm³/mol. The first-order chi connectivity index (χ1) is 5.74. The molecule has 0 unspecified atom stereocenters. The van der Waals surface area contributed by atoms with E-state index in [4.69, 9.17) is 5.73 Å². The van der Waals surface area contributed by atoms with Crippen LogP contribution in [0.15, 0.2) is 24.3 Å². The van der Waals surface area contributed by atoms with Gasteiger partial charge in [-0.3, -0.25) is 4.39 Å². The lowest BCUT2D eigenvalue weighted by Crippen LogP contribution is -2.10. The Morgan fingerprint density at radius 2 is 2.15 bits per heavy atom. The van der Waals surface area contributed by atoms with Crippen LogP contribution in [0.3, 0.4) is 0 Å². The van der Waals surface area contributed by atoms with E-state index in [-0.39, 0.29) is 25.1 Å². The first-order valence-corrected chi connectivity index (χ1v) is 4.89. The lowest BCUT2D eigenvalue weighted by Gasteiger charge is -2.09. The van der Waals surface area contributed by atoms with Crippen LogP contribution in [0.4, 0.5) is 4.39 Å². The molecule has 13 heavy (non-hydrogen) atoms. The molecule has 0 spiro atoms. The number of halogens is 3. The summed E-state index contributed by atoms with van der Waals surface area (Å²) in [6, 6.07) is 7.69. The Balaban J connectivity index is 0.00000144. The van der Waals surface area contributed by atoms with Gasteiger partial charge in [0.2, 0.25) is 0 Å². The second-order valence-corrected chi connectivity index (χ2v) is 3.88. The highest BCUT2D eigenvalue weighted by Crippen LogP contribution is 2.16. The molecule has 0 heterocycles. The van der Waals surface area contributed by atoms with Crippen LogP contribution in [0.1, 0.15) is 18.0 Å². The van der Waals surface area contributed by atoms with Crippen LogP contribution in [0.25, 0.3) is 0 Å². The van der Waals surface area contributed by atoms with E-state index in [0.29, 0.717) is 6.42 Å². The summed E-state index contributed by atoms with van der Waals surface area (Å²) in [7, 11) is 0. The van der Waals surface area contributed by atoms with Gasteiger partial charge in [0.15, 0.2) is 0 Å². The summed E-state index contributed by atoms with van der Waals surface area (Å²) in [6.07, 6.45) is 0.403. The van der Waals surface area contributed by atoms with Crippen molar-refractivity contribution in [2.24, 2.45) is 5.73 Å². The molecule has 0 aliphatic carbocycles. The number of hydrogen-bond acceptors (Lipinski definition) is 1. The molecule has 0 fully saturated rings. The lowest BCUT2D eigenvalue weighted by molar-refractivity contribution is 0.442. The molecule has 2 N–H and O–H groups in total. The van der Waals surface area contributed by atoms with E-state index in [1.165, 1.54) is 0 Å². The zero-order valence-electron chi connectivity index (χ0n) is 7.04. The van der Waals surface area contributed by atoms with E-state index >= 15 is 0 Å². The fraction of sp³-hybridized carbons (Fsp3) is 0.333. The van der Waals surface area contributed by atoms with E-state index in [2.05, 4.69) is 22.6 Å². The van der Waals surface area contributed by atoms with Crippen LogP contribution in [0.2, 0.25) is 0 Å². The molecular formula is C9H12ClFIN. The van der Waals surface area contributed by atoms with Crippen LogP contribution in [-0.2, 0) is 0 Å². The summed E-state index contributed by atoms with van der Waals surface area (Å²) in [4.78, 5) is 0. The van der Waals surface area contributed by atoms with Crippen molar-refractivity contribution in [1.82, 2.24) is 0 Å². The van der Waals surface area contributed by atoms with Crippen molar-refractivity contribution in [2.75, 3.05) is 6.67 Å². The quantitative estimate of drug-likeness (QED) is 0.852. The highest BCUT2D eigenvalue weighted by molar-refractivity contribution is 14.1. The molecule has 0 saturated heterocycles. The molecule has 0 amide bonds. The molecule has 4 heteroatoms. The summed E-state index contributed by atoms with van der Waals surface area (Å²) in [5.74, 6) is 0. The molecule has 1 aromatic carbocycles. The SMILES string of the molecule is Cl.N[C@H](CCF)c1cccc(I)c1. The molecule has 0 aliphatic heterocycles. The number of alkyl halides is 1. The maximum absolute atomic E-state index is 11.9. The Kier molecular flexibility index (Phi) is 6.63. The standard InChI is InChI=1S/C9H11FIN.ClH/c10-5-4-9(12)7-2-1-3-8(11)6-7;/h1-3,6,9H,4-5,12H2;1H/t9-;/m1./s1. The van der Waals surface area contributed by atoms with Crippen molar-refractivity contribution in [2.45, 2.75) is 12.5 Å². The molecule has 1 rings (SSSR count). The second-order valence-electron chi connectivity index (χ2n) is 2.64. The van der Waals surface area contributed by atoms with Gasteiger partial charge in [0.1, 0.15) is 0 Å². The highest BCUT2D eigenvalue weighted by Gasteiger charge is 2.04. The summed E-state index contributed by atoms with van der Waals surface area (Å²) in [5.41, 5.74) is 6.74. The van der Waals surface area contributed by atoms with Gasteiger partial charge in [-0.25, -0.2) is 0 Å². The number of rotatable bonds is 3. The van der Waals surface area contributed by atoms with Crippen molar-refractivity contribution in [3.8, 4) is 0 Å².